The van der Waals surface area contributed by atoms with E-state index in [-0.39, 0.29) is 24.8 Å². The molecule has 0 aromatic heterocycles. The van der Waals surface area contributed by atoms with Crippen LogP contribution in [0.3, 0.4) is 0 Å². The second-order valence-electron chi connectivity index (χ2n) is 6.82. The Kier molecular flexibility index (Phi) is 7.28. The Morgan fingerprint density at radius 2 is 1.65 bits per heavy atom. The third-order valence-corrected chi connectivity index (χ3v) is 25.9. The number of fused-ring (bicyclic) bond motifs is 1. The summed E-state index contributed by atoms with van der Waals surface area (Å²) in [7, 11) is 0. The van der Waals surface area contributed by atoms with Gasteiger partial charge in [0.1, 0.15) is 0 Å². The van der Waals surface area contributed by atoms with Crippen molar-refractivity contribution in [2.75, 3.05) is 0 Å². The van der Waals surface area contributed by atoms with Gasteiger partial charge >= 0.3 is 116 Å². The molecule has 1 aliphatic rings. The standard InChI is InChI=1S/C9H7.C4H9.C2H7Si.2ClH.H2N.Ti/c1-2-5-9-7-3-6-8(9)4-1;1-4(2)3;1-3-2;;;;/h1-2,4-6H,7H2;1-3H3;3H,1-2H3;2*1H;1H2;/q;;;;;-1;+1. The Bertz CT molecular complexity index is 497. The molecule has 0 saturated carbocycles. The summed E-state index contributed by atoms with van der Waals surface area (Å²) in [6.07, 6.45) is 3.54. The molecule has 0 spiro atoms. The molecule has 1 aromatic carbocycles. The second-order valence-corrected chi connectivity index (χ2v) is 24.4. The van der Waals surface area contributed by atoms with Crippen LogP contribution >= 0.6 is 24.8 Å². The van der Waals surface area contributed by atoms with Crippen molar-refractivity contribution in [2.45, 2.75) is 44.0 Å². The number of halogens is 2. The van der Waals surface area contributed by atoms with Gasteiger partial charge in [-0.05, 0) is 0 Å². The average molecular weight is 368 g/mol. The van der Waals surface area contributed by atoms with E-state index in [0.717, 1.165) is 6.42 Å². The zero-order valence-electron chi connectivity index (χ0n) is 13.1. The van der Waals surface area contributed by atoms with Crippen LogP contribution in [0.15, 0.2) is 28.1 Å². The van der Waals surface area contributed by atoms with Crippen molar-refractivity contribution in [1.29, 1.82) is 0 Å². The molecule has 0 bridgehead atoms. The summed E-state index contributed by atoms with van der Waals surface area (Å²) in [4.78, 5) is 0. The van der Waals surface area contributed by atoms with Gasteiger partial charge in [-0.15, -0.1) is 24.8 Å². The van der Waals surface area contributed by atoms with Crippen molar-refractivity contribution < 1.29 is 16.1 Å². The van der Waals surface area contributed by atoms with Gasteiger partial charge < -0.3 is 0 Å². The van der Waals surface area contributed by atoms with E-state index in [9.17, 15) is 0 Å². The molecule has 1 atom stereocenters. The van der Waals surface area contributed by atoms with Crippen LogP contribution in [0.2, 0.25) is 16.8 Å². The van der Waals surface area contributed by atoms with Gasteiger partial charge in [0.05, 0.1) is 0 Å². The van der Waals surface area contributed by atoms with E-state index in [0.29, 0.717) is 3.72 Å². The van der Waals surface area contributed by atoms with Crippen LogP contribution in [0.4, 0.5) is 0 Å². The molecule has 0 amide bonds. The Labute approximate surface area is 140 Å². The minimum Gasteiger partial charge on any atom is -0.147 e. The van der Waals surface area contributed by atoms with Crippen LogP contribution in [0.1, 0.15) is 31.9 Å². The average Bonchev–Trinajstić information content (AvgIpc) is 2.69. The molecule has 1 aliphatic carbocycles. The van der Waals surface area contributed by atoms with E-state index in [1.54, 1.807) is 3.88 Å². The summed E-state index contributed by atoms with van der Waals surface area (Å²) in [5.74, 6) is 0. The molecule has 1 unspecified atom stereocenters. The minimum absolute atomic E-state index is 0. The smallest absolute Gasteiger partial charge is 0.147 e. The van der Waals surface area contributed by atoms with Crippen LogP contribution in [0.5, 0.6) is 0 Å². The Hall–Kier alpha value is 0.431. The van der Waals surface area contributed by atoms with Crippen molar-refractivity contribution in [2.24, 2.45) is 4.22 Å². The first-order chi connectivity index (χ1) is 8.26. The van der Waals surface area contributed by atoms with E-state index in [4.69, 9.17) is 4.22 Å². The van der Waals surface area contributed by atoms with Crippen molar-refractivity contribution >= 4 is 37.6 Å². The zero-order valence-corrected chi connectivity index (χ0v) is 17.4. The van der Waals surface area contributed by atoms with Gasteiger partial charge in [-0.1, -0.05) is 0 Å². The number of rotatable bonds is 2. The monoisotopic (exact) mass is 367 g/mol. The molecule has 1 nitrogen and oxygen atoms in total. The molecule has 5 heteroatoms. The third-order valence-electron chi connectivity index (χ3n) is 4.45. The quantitative estimate of drug-likeness (QED) is 0.756. The van der Waals surface area contributed by atoms with Crippen LogP contribution in [0, 0.1) is 0 Å². The summed E-state index contributed by atoms with van der Waals surface area (Å²) < 4.78 is 9.03. The molecule has 0 saturated heterocycles. The SMILES string of the molecule is C[SiH](C)[Ti]([NH2])([C]1=Cc2ccccc2C1)[C](C)(C)C.Cl.Cl. The van der Waals surface area contributed by atoms with Gasteiger partial charge in [0.15, 0.2) is 0 Å². The second kappa shape index (κ2) is 7.13. The maximum absolute atomic E-state index is 7.08. The maximum Gasteiger partial charge on any atom is -0.147 e. The fourth-order valence-corrected chi connectivity index (χ4v) is 21.0. The van der Waals surface area contributed by atoms with Crippen molar-refractivity contribution in [3.8, 4) is 0 Å². The van der Waals surface area contributed by atoms with Crippen LogP contribution < -0.4 is 4.22 Å². The predicted molar refractivity (Wildman–Crippen MR) is 95.4 cm³/mol. The third kappa shape index (κ3) is 3.43. The van der Waals surface area contributed by atoms with Gasteiger partial charge in [0.25, 0.3) is 0 Å². The first-order valence-electron chi connectivity index (χ1n) is 6.84. The zero-order chi connectivity index (χ0) is 13.6. The molecule has 2 N–H and O–H groups in total. The molecular weight excluding hydrogens is 341 g/mol. The summed E-state index contributed by atoms with van der Waals surface area (Å²) >= 11 is -2.38. The first-order valence-corrected chi connectivity index (χ1v) is 14.9. The van der Waals surface area contributed by atoms with Gasteiger partial charge in [-0.25, -0.2) is 0 Å². The number of benzene rings is 1. The molecule has 0 heterocycles. The Morgan fingerprint density at radius 3 is 2.10 bits per heavy atom. The van der Waals surface area contributed by atoms with Crippen molar-refractivity contribution in [1.82, 2.24) is 0 Å². The predicted octanol–water partition coefficient (Wildman–Crippen LogP) is 4.66. The van der Waals surface area contributed by atoms with E-state index in [2.05, 4.69) is 64.2 Å². The van der Waals surface area contributed by atoms with Gasteiger partial charge in [0.2, 0.25) is 0 Å². The van der Waals surface area contributed by atoms with E-state index >= 15 is 0 Å². The van der Waals surface area contributed by atoms with Gasteiger partial charge in [-0.3, -0.25) is 0 Å². The largest absolute Gasteiger partial charge is 0.147 e. The molecule has 1 aromatic rings. The van der Waals surface area contributed by atoms with E-state index in [1.807, 2.05) is 0 Å². The fourth-order valence-electron chi connectivity index (χ4n) is 3.26. The molecule has 0 aliphatic heterocycles. The molecule has 20 heavy (non-hydrogen) atoms. The Morgan fingerprint density at radius 1 is 1.10 bits per heavy atom. The normalized spacial score (nSPS) is 16.6. The summed E-state index contributed by atoms with van der Waals surface area (Å²) in [6.45, 7) is 11.2. The maximum atomic E-state index is 7.08. The molecule has 114 valence electrons. The minimum atomic E-state index is -2.38. The van der Waals surface area contributed by atoms with Crippen molar-refractivity contribution in [3.05, 3.63) is 39.3 Å². The van der Waals surface area contributed by atoms with Crippen molar-refractivity contribution in [3.63, 3.8) is 0 Å². The van der Waals surface area contributed by atoms with Crippen LogP contribution in [0.25, 0.3) is 6.08 Å². The van der Waals surface area contributed by atoms with Crippen LogP contribution in [-0.2, 0) is 22.5 Å². The molecular formula is C15H27Cl2NSiTi. The summed E-state index contributed by atoms with van der Waals surface area (Å²) in [5, 5.41) is 0. The summed E-state index contributed by atoms with van der Waals surface area (Å²) in [6, 6.07) is 8.76. The van der Waals surface area contributed by atoms with Gasteiger partial charge in [-0.2, -0.15) is 0 Å². The topological polar surface area (TPSA) is 26.0 Å². The van der Waals surface area contributed by atoms with Gasteiger partial charge in [0, 0.05) is 0 Å². The molecule has 0 fully saturated rings. The fraction of sp³-hybridized carbons (Fsp3) is 0.467. The number of hydrogen-bond donors (Lipinski definition) is 1. The molecule has 2 rings (SSSR count). The van der Waals surface area contributed by atoms with Crippen LogP contribution in [-0.4, -0.2) is 6.66 Å². The van der Waals surface area contributed by atoms with E-state index in [1.165, 1.54) is 11.1 Å². The molecule has 0 radical (unpaired) electrons. The first kappa shape index (κ1) is 20.4. The number of allylic oxidation sites excluding steroid dienone is 1. The van der Waals surface area contributed by atoms with E-state index < -0.39 is 22.8 Å². The summed E-state index contributed by atoms with van der Waals surface area (Å²) in [5.41, 5.74) is 2.89. The number of hydrogen-bond acceptors (Lipinski definition) is 1. The number of nitrogens with two attached hydrogens (primary N) is 1. The Balaban J connectivity index is 0.00000180.